The van der Waals surface area contributed by atoms with Gasteiger partial charge in [0.15, 0.2) is 0 Å². The van der Waals surface area contributed by atoms with E-state index in [-0.39, 0.29) is 18.1 Å². The minimum absolute atomic E-state index is 0.143. The van der Waals surface area contributed by atoms with Gasteiger partial charge in [-0.15, -0.1) is 0 Å². The Balaban J connectivity index is 1.88. The van der Waals surface area contributed by atoms with Crippen LogP contribution < -0.4 is 5.32 Å². The lowest BCUT2D eigenvalue weighted by molar-refractivity contribution is -0.142. The van der Waals surface area contributed by atoms with Crippen molar-refractivity contribution in [3.05, 3.63) is 0 Å². The van der Waals surface area contributed by atoms with Gasteiger partial charge in [-0.2, -0.15) is 0 Å². The van der Waals surface area contributed by atoms with Crippen LogP contribution in [0.25, 0.3) is 0 Å². The zero-order chi connectivity index (χ0) is 11.5. The summed E-state index contributed by atoms with van der Waals surface area (Å²) in [6.07, 6.45) is 3.57. The lowest BCUT2D eigenvalue weighted by Crippen LogP contribution is -2.44. The minimum Gasteiger partial charge on any atom is -0.481 e. The van der Waals surface area contributed by atoms with E-state index in [9.17, 15) is 9.59 Å². The lowest BCUT2D eigenvalue weighted by Gasteiger charge is -2.19. The highest BCUT2D eigenvalue weighted by molar-refractivity contribution is 5.82. The van der Waals surface area contributed by atoms with Gasteiger partial charge in [-0.25, -0.2) is 0 Å². The van der Waals surface area contributed by atoms with Crippen molar-refractivity contribution < 1.29 is 19.4 Å². The van der Waals surface area contributed by atoms with E-state index in [1.807, 2.05) is 0 Å². The Labute approximate surface area is 94.2 Å². The van der Waals surface area contributed by atoms with Gasteiger partial charge in [0.1, 0.15) is 6.10 Å². The van der Waals surface area contributed by atoms with Crippen molar-refractivity contribution in [2.24, 2.45) is 5.92 Å². The predicted octanol–water partition coefficient (Wildman–Crippen LogP) is 0.535. The molecule has 90 valence electrons. The van der Waals surface area contributed by atoms with Crippen molar-refractivity contribution in [3.8, 4) is 0 Å². The van der Waals surface area contributed by atoms with E-state index in [1.54, 1.807) is 0 Å². The topological polar surface area (TPSA) is 75.6 Å². The summed E-state index contributed by atoms with van der Waals surface area (Å²) in [5.74, 6) is -1.38. The quantitative estimate of drug-likeness (QED) is 0.737. The zero-order valence-electron chi connectivity index (χ0n) is 9.15. The smallest absolute Gasteiger partial charge is 0.308 e. The van der Waals surface area contributed by atoms with Crippen LogP contribution in [0.4, 0.5) is 0 Å². The predicted molar refractivity (Wildman–Crippen MR) is 55.9 cm³/mol. The summed E-state index contributed by atoms with van der Waals surface area (Å²) in [5.41, 5.74) is 0. The number of carbonyl (C=O) groups excluding carboxylic acids is 1. The Morgan fingerprint density at radius 2 is 2.00 bits per heavy atom. The van der Waals surface area contributed by atoms with Crippen molar-refractivity contribution in [2.75, 3.05) is 6.61 Å². The molecule has 0 radical (unpaired) electrons. The number of amides is 1. The van der Waals surface area contributed by atoms with E-state index < -0.39 is 11.9 Å². The van der Waals surface area contributed by atoms with E-state index in [0.717, 1.165) is 25.7 Å². The van der Waals surface area contributed by atoms with Crippen molar-refractivity contribution in [1.29, 1.82) is 0 Å². The molecule has 1 amide bonds. The van der Waals surface area contributed by atoms with Crippen LogP contribution in [0, 0.1) is 5.92 Å². The first-order valence-electron chi connectivity index (χ1n) is 5.83. The Kier molecular flexibility index (Phi) is 3.43. The molecule has 0 bridgehead atoms. The van der Waals surface area contributed by atoms with E-state index in [0.29, 0.717) is 13.0 Å². The summed E-state index contributed by atoms with van der Waals surface area (Å²) < 4.78 is 5.26. The molecule has 2 N–H and O–H groups in total. The summed E-state index contributed by atoms with van der Waals surface area (Å²) in [6, 6.07) is -0.214. The summed E-state index contributed by atoms with van der Waals surface area (Å²) in [7, 11) is 0. The molecular formula is C11H17NO4. The number of nitrogens with one attached hydrogen (secondary N) is 1. The standard InChI is InChI=1S/C11H17NO4/c13-10(9-5-2-6-16-9)12-8-4-1-3-7(8)11(14)15/h7-9H,1-6H2,(H,12,13)(H,14,15). The second-order valence-corrected chi connectivity index (χ2v) is 4.49. The molecule has 0 spiro atoms. The van der Waals surface area contributed by atoms with Gasteiger partial charge in [0.2, 0.25) is 5.91 Å². The summed E-state index contributed by atoms with van der Waals surface area (Å²) >= 11 is 0. The molecule has 1 saturated heterocycles. The third-order valence-electron chi connectivity index (χ3n) is 3.38. The van der Waals surface area contributed by atoms with E-state index in [2.05, 4.69) is 5.32 Å². The van der Waals surface area contributed by atoms with Crippen molar-refractivity contribution in [3.63, 3.8) is 0 Å². The number of rotatable bonds is 3. The van der Waals surface area contributed by atoms with Gasteiger partial charge in [0, 0.05) is 12.6 Å². The van der Waals surface area contributed by atoms with Gasteiger partial charge in [-0.3, -0.25) is 9.59 Å². The van der Waals surface area contributed by atoms with Gasteiger partial charge in [-0.1, -0.05) is 6.42 Å². The molecule has 5 nitrogen and oxygen atoms in total. The largest absolute Gasteiger partial charge is 0.481 e. The van der Waals surface area contributed by atoms with E-state index in [1.165, 1.54) is 0 Å². The Hall–Kier alpha value is -1.10. The van der Waals surface area contributed by atoms with Crippen molar-refractivity contribution >= 4 is 11.9 Å². The van der Waals surface area contributed by atoms with Crippen LogP contribution in [-0.4, -0.2) is 35.7 Å². The first-order valence-corrected chi connectivity index (χ1v) is 5.83. The Morgan fingerprint density at radius 3 is 2.62 bits per heavy atom. The summed E-state index contributed by atoms with van der Waals surface area (Å²) in [4.78, 5) is 22.7. The van der Waals surface area contributed by atoms with Crippen LogP contribution in [0.1, 0.15) is 32.1 Å². The van der Waals surface area contributed by atoms with Crippen LogP contribution in [0.5, 0.6) is 0 Å². The summed E-state index contributed by atoms with van der Waals surface area (Å²) in [5, 5.41) is 11.8. The average molecular weight is 227 g/mol. The average Bonchev–Trinajstić information content (AvgIpc) is 2.86. The van der Waals surface area contributed by atoms with Gasteiger partial charge in [0.05, 0.1) is 5.92 Å². The lowest BCUT2D eigenvalue weighted by atomic mass is 10.0. The van der Waals surface area contributed by atoms with Gasteiger partial charge in [-0.05, 0) is 25.7 Å². The number of carboxylic acid groups (broad SMARTS) is 1. The number of aliphatic carboxylic acids is 1. The van der Waals surface area contributed by atoms with Gasteiger partial charge >= 0.3 is 5.97 Å². The van der Waals surface area contributed by atoms with Crippen molar-refractivity contribution in [2.45, 2.75) is 44.2 Å². The molecular weight excluding hydrogens is 210 g/mol. The highest BCUT2D eigenvalue weighted by Crippen LogP contribution is 2.26. The van der Waals surface area contributed by atoms with Crippen molar-refractivity contribution in [1.82, 2.24) is 5.32 Å². The molecule has 2 rings (SSSR count). The first kappa shape index (κ1) is 11.4. The second-order valence-electron chi connectivity index (χ2n) is 4.49. The maximum atomic E-state index is 11.7. The van der Waals surface area contributed by atoms with E-state index >= 15 is 0 Å². The highest BCUT2D eigenvalue weighted by atomic mass is 16.5. The van der Waals surface area contributed by atoms with E-state index in [4.69, 9.17) is 9.84 Å². The van der Waals surface area contributed by atoms with Crippen LogP contribution in [0.2, 0.25) is 0 Å². The molecule has 5 heteroatoms. The maximum Gasteiger partial charge on any atom is 0.308 e. The number of carbonyl (C=O) groups is 2. The molecule has 16 heavy (non-hydrogen) atoms. The first-order chi connectivity index (χ1) is 7.68. The molecule has 3 unspecified atom stereocenters. The molecule has 0 aromatic rings. The normalized spacial score (nSPS) is 33.9. The van der Waals surface area contributed by atoms with Crippen LogP contribution in [-0.2, 0) is 14.3 Å². The molecule has 1 aliphatic carbocycles. The molecule has 2 aliphatic rings. The molecule has 0 aromatic carbocycles. The molecule has 1 aliphatic heterocycles. The number of carboxylic acids is 1. The fourth-order valence-electron chi connectivity index (χ4n) is 2.49. The third kappa shape index (κ3) is 2.35. The fourth-order valence-corrected chi connectivity index (χ4v) is 2.49. The zero-order valence-corrected chi connectivity index (χ0v) is 9.15. The third-order valence-corrected chi connectivity index (χ3v) is 3.38. The number of hydrogen-bond donors (Lipinski definition) is 2. The molecule has 1 heterocycles. The number of ether oxygens (including phenoxy) is 1. The SMILES string of the molecule is O=C(NC1CCCC1C(=O)O)C1CCCO1. The second kappa shape index (κ2) is 4.82. The minimum atomic E-state index is -0.810. The Bertz CT molecular complexity index is 286. The molecule has 3 atom stereocenters. The van der Waals surface area contributed by atoms with Gasteiger partial charge < -0.3 is 15.2 Å². The van der Waals surface area contributed by atoms with Crippen LogP contribution in [0.3, 0.4) is 0 Å². The number of hydrogen-bond acceptors (Lipinski definition) is 3. The Morgan fingerprint density at radius 1 is 1.19 bits per heavy atom. The van der Waals surface area contributed by atoms with Gasteiger partial charge in [0.25, 0.3) is 0 Å². The summed E-state index contributed by atoms with van der Waals surface area (Å²) in [6.45, 7) is 0.630. The molecule has 1 saturated carbocycles. The monoisotopic (exact) mass is 227 g/mol. The molecule has 2 fully saturated rings. The maximum absolute atomic E-state index is 11.7. The van der Waals surface area contributed by atoms with Crippen LogP contribution in [0.15, 0.2) is 0 Å². The molecule has 0 aromatic heterocycles. The fraction of sp³-hybridized carbons (Fsp3) is 0.818. The van der Waals surface area contributed by atoms with Crippen LogP contribution >= 0.6 is 0 Å². The highest BCUT2D eigenvalue weighted by Gasteiger charge is 2.35.